The maximum absolute atomic E-state index is 3.68. The Bertz CT molecular complexity index is 2390. The molecule has 0 radical (unpaired) electrons. The van der Waals surface area contributed by atoms with E-state index in [1.807, 2.05) is 0 Å². The highest BCUT2D eigenvalue weighted by atomic mass is 79.9. The molecular formula is C44H38Br2N2. The summed E-state index contributed by atoms with van der Waals surface area (Å²) in [6.45, 7) is 13.8. The Morgan fingerprint density at radius 2 is 0.688 bits per heavy atom. The number of fused-ring (bicyclic) bond motifs is 6. The topological polar surface area (TPSA) is 9.86 Å². The maximum Gasteiger partial charge on any atom is 0.0541 e. The fraction of sp³-hybridized carbons (Fsp3) is 0.182. The summed E-state index contributed by atoms with van der Waals surface area (Å²) in [5, 5.41) is 5.09. The van der Waals surface area contributed by atoms with Gasteiger partial charge in [0.2, 0.25) is 0 Å². The van der Waals surface area contributed by atoms with Crippen LogP contribution < -0.4 is 0 Å². The number of aromatic nitrogens is 2. The van der Waals surface area contributed by atoms with E-state index in [1.54, 1.807) is 0 Å². The summed E-state index contributed by atoms with van der Waals surface area (Å²) in [4.78, 5) is 0. The first-order valence-corrected chi connectivity index (χ1v) is 18.2. The van der Waals surface area contributed by atoms with Crippen molar-refractivity contribution >= 4 is 75.5 Å². The summed E-state index contributed by atoms with van der Waals surface area (Å²) in [5.74, 6) is 0. The van der Waals surface area contributed by atoms with E-state index in [0.717, 1.165) is 14.6 Å². The van der Waals surface area contributed by atoms with Crippen molar-refractivity contribution in [3.8, 4) is 22.5 Å². The molecule has 238 valence electrons. The second kappa shape index (κ2) is 11.2. The van der Waals surface area contributed by atoms with Crippen LogP contribution in [0.2, 0.25) is 0 Å². The SMILES string of the molecule is CC(C)(C)c1ccc2c(c1)c1cc(C(C)(C)C)ccc1n2-c1ccc(-c2ccc(-n3c4ccc(Br)cc4c4cc(Br)ccc43)cc2)cc1. The number of hydrogen-bond donors (Lipinski definition) is 0. The fourth-order valence-electron chi connectivity index (χ4n) is 7.09. The van der Waals surface area contributed by atoms with Gasteiger partial charge in [-0.15, -0.1) is 0 Å². The van der Waals surface area contributed by atoms with Crippen LogP contribution in [0.5, 0.6) is 0 Å². The Morgan fingerprint density at radius 3 is 1.02 bits per heavy atom. The lowest BCUT2D eigenvalue weighted by Gasteiger charge is -2.19. The molecule has 2 heterocycles. The zero-order chi connectivity index (χ0) is 33.5. The fourth-order valence-corrected chi connectivity index (χ4v) is 7.81. The molecule has 0 saturated carbocycles. The van der Waals surface area contributed by atoms with Gasteiger partial charge in [-0.1, -0.05) is 110 Å². The standard InChI is InChI=1S/C44H38Br2N2/c1-43(2,3)29-11-19-39-35(23-29)36-24-30(44(4,5)6)12-20-40(36)47(39)33-15-7-27(8-16-33)28-9-17-34(18-10-28)48-41-21-13-31(45)25-37(41)38-26-32(46)14-22-42(38)48/h7-26H,1-6H3. The van der Waals surface area contributed by atoms with Crippen molar-refractivity contribution in [2.75, 3.05) is 0 Å². The van der Waals surface area contributed by atoms with Crippen LogP contribution >= 0.6 is 31.9 Å². The molecule has 0 N–H and O–H groups in total. The first kappa shape index (κ1) is 31.2. The van der Waals surface area contributed by atoms with Crippen LogP contribution in [0, 0.1) is 0 Å². The molecule has 48 heavy (non-hydrogen) atoms. The van der Waals surface area contributed by atoms with Crippen molar-refractivity contribution in [3.63, 3.8) is 0 Å². The summed E-state index contributed by atoms with van der Waals surface area (Å²) in [5.41, 5.74) is 12.5. The molecule has 0 aliphatic heterocycles. The lowest BCUT2D eigenvalue weighted by atomic mass is 9.85. The number of rotatable bonds is 3. The summed E-state index contributed by atoms with van der Waals surface area (Å²) in [6, 6.07) is 45.1. The minimum atomic E-state index is 0.0807. The van der Waals surface area contributed by atoms with Gasteiger partial charge in [0, 0.05) is 41.9 Å². The third-order valence-corrected chi connectivity index (χ3v) is 10.8. The van der Waals surface area contributed by atoms with Gasteiger partial charge in [-0.2, -0.15) is 0 Å². The van der Waals surface area contributed by atoms with Gasteiger partial charge in [0.05, 0.1) is 22.1 Å². The highest BCUT2D eigenvalue weighted by Crippen LogP contribution is 2.39. The number of hydrogen-bond acceptors (Lipinski definition) is 0. The molecule has 0 atom stereocenters. The average Bonchev–Trinajstić information content (AvgIpc) is 3.55. The Morgan fingerprint density at radius 1 is 0.375 bits per heavy atom. The van der Waals surface area contributed by atoms with Crippen LogP contribution in [-0.2, 0) is 10.8 Å². The largest absolute Gasteiger partial charge is 0.309 e. The Balaban J connectivity index is 1.20. The second-order valence-electron chi connectivity index (χ2n) is 15.1. The molecule has 0 aliphatic rings. The smallest absolute Gasteiger partial charge is 0.0541 e. The van der Waals surface area contributed by atoms with E-state index in [0.29, 0.717) is 0 Å². The van der Waals surface area contributed by atoms with E-state index in [4.69, 9.17) is 0 Å². The van der Waals surface area contributed by atoms with Crippen molar-refractivity contribution in [2.45, 2.75) is 52.4 Å². The van der Waals surface area contributed by atoms with Crippen LogP contribution in [0.15, 0.2) is 130 Å². The minimum Gasteiger partial charge on any atom is -0.309 e. The molecule has 0 spiro atoms. The molecule has 2 aromatic heterocycles. The Labute approximate surface area is 299 Å². The quantitative estimate of drug-likeness (QED) is 0.170. The lowest BCUT2D eigenvalue weighted by Crippen LogP contribution is -2.10. The molecular weight excluding hydrogens is 716 g/mol. The van der Waals surface area contributed by atoms with E-state index in [1.165, 1.54) is 71.6 Å². The second-order valence-corrected chi connectivity index (χ2v) is 16.9. The molecule has 4 heteroatoms. The third-order valence-electron chi connectivity index (χ3n) is 9.77. The summed E-state index contributed by atoms with van der Waals surface area (Å²) in [7, 11) is 0. The van der Waals surface area contributed by atoms with E-state index < -0.39 is 0 Å². The zero-order valence-electron chi connectivity index (χ0n) is 28.2. The molecule has 0 fully saturated rings. The van der Waals surface area contributed by atoms with Crippen LogP contribution in [0.25, 0.3) is 66.1 Å². The van der Waals surface area contributed by atoms with E-state index in [-0.39, 0.29) is 10.8 Å². The summed E-state index contributed by atoms with van der Waals surface area (Å²) >= 11 is 7.35. The third kappa shape index (κ3) is 5.21. The molecule has 2 nitrogen and oxygen atoms in total. The lowest BCUT2D eigenvalue weighted by molar-refractivity contribution is 0.590. The van der Waals surface area contributed by atoms with Gasteiger partial charge in [-0.3, -0.25) is 0 Å². The minimum absolute atomic E-state index is 0.0807. The van der Waals surface area contributed by atoms with Crippen LogP contribution in [0.1, 0.15) is 52.7 Å². The normalized spacial score (nSPS) is 12.6. The van der Waals surface area contributed by atoms with Crippen molar-refractivity contribution in [3.05, 3.63) is 141 Å². The predicted molar refractivity (Wildman–Crippen MR) is 213 cm³/mol. The van der Waals surface area contributed by atoms with E-state index >= 15 is 0 Å². The number of nitrogens with zero attached hydrogens (tertiary/aromatic N) is 2. The molecule has 6 aromatic carbocycles. The monoisotopic (exact) mass is 752 g/mol. The zero-order valence-corrected chi connectivity index (χ0v) is 31.4. The molecule has 0 saturated heterocycles. The highest BCUT2D eigenvalue weighted by molar-refractivity contribution is 9.10. The Kier molecular flexibility index (Phi) is 7.28. The van der Waals surface area contributed by atoms with Gasteiger partial charge in [0.25, 0.3) is 0 Å². The molecule has 8 aromatic rings. The van der Waals surface area contributed by atoms with Gasteiger partial charge >= 0.3 is 0 Å². The van der Waals surface area contributed by atoms with E-state index in [2.05, 4.69) is 204 Å². The molecule has 0 bridgehead atoms. The van der Waals surface area contributed by atoms with Gasteiger partial charge < -0.3 is 9.13 Å². The van der Waals surface area contributed by atoms with E-state index in [9.17, 15) is 0 Å². The van der Waals surface area contributed by atoms with Gasteiger partial charge in [-0.05, 0) is 118 Å². The molecule has 0 amide bonds. The van der Waals surface area contributed by atoms with Crippen molar-refractivity contribution < 1.29 is 0 Å². The first-order chi connectivity index (χ1) is 22.9. The van der Waals surface area contributed by atoms with Crippen LogP contribution in [0.4, 0.5) is 0 Å². The van der Waals surface area contributed by atoms with Crippen molar-refractivity contribution in [1.82, 2.24) is 9.13 Å². The molecule has 0 unspecified atom stereocenters. The molecule has 8 rings (SSSR count). The van der Waals surface area contributed by atoms with Crippen molar-refractivity contribution in [1.29, 1.82) is 0 Å². The van der Waals surface area contributed by atoms with Crippen LogP contribution in [0.3, 0.4) is 0 Å². The van der Waals surface area contributed by atoms with Gasteiger partial charge in [-0.25, -0.2) is 0 Å². The summed E-state index contributed by atoms with van der Waals surface area (Å²) < 4.78 is 6.95. The number of benzene rings is 6. The van der Waals surface area contributed by atoms with Crippen LogP contribution in [-0.4, -0.2) is 9.13 Å². The highest BCUT2D eigenvalue weighted by Gasteiger charge is 2.21. The predicted octanol–water partition coefficient (Wildman–Crippen LogP) is 13.7. The Hall–Kier alpha value is -4.12. The van der Waals surface area contributed by atoms with Gasteiger partial charge in [0.15, 0.2) is 0 Å². The van der Waals surface area contributed by atoms with Crippen molar-refractivity contribution in [2.24, 2.45) is 0 Å². The first-order valence-electron chi connectivity index (χ1n) is 16.6. The average molecular weight is 755 g/mol. The number of halogens is 2. The molecule has 0 aliphatic carbocycles. The summed E-state index contributed by atoms with van der Waals surface area (Å²) in [6.07, 6.45) is 0. The maximum atomic E-state index is 3.68. The van der Waals surface area contributed by atoms with Gasteiger partial charge in [0.1, 0.15) is 0 Å².